The summed E-state index contributed by atoms with van der Waals surface area (Å²) in [5, 5.41) is 8.90. The van der Waals surface area contributed by atoms with E-state index in [4.69, 9.17) is 9.84 Å². The SMILES string of the molecule is OCc1ccc(OCc2ccc(Br)cc2F)cc1. The number of benzene rings is 2. The lowest BCUT2D eigenvalue weighted by atomic mass is 10.2. The smallest absolute Gasteiger partial charge is 0.130 e. The average Bonchev–Trinajstić information content (AvgIpc) is 2.38. The fraction of sp³-hybridized carbons (Fsp3) is 0.143. The molecule has 0 aliphatic heterocycles. The van der Waals surface area contributed by atoms with Crippen LogP contribution in [0.25, 0.3) is 0 Å². The molecule has 4 heteroatoms. The molecule has 0 aromatic heterocycles. The molecule has 2 nitrogen and oxygen atoms in total. The Labute approximate surface area is 113 Å². The number of hydrogen-bond acceptors (Lipinski definition) is 2. The first kappa shape index (κ1) is 13.1. The van der Waals surface area contributed by atoms with E-state index in [-0.39, 0.29) is 19.0 Å². The molecule has 0 aliphatic rings. The van der Waals surface area contributed by atoms with E-state index in [0.717, 1.165) is 5.56 Å². The van der Waals surface area contributed by atoms with Crippen LogP contribution in [0.4, 0.5) is 4.39 Å². The molecule has 0 spiro atoms. The van der Waals surface area contributed by atoms with Gasteiger partial charge in [-0.05, 0) is 29.8 Å². The zero-order valence-electron chi connectivity index (χ0n) is 9.57. The minimum Gasteiger partial charge on any atom is -0.489 e. The van der Waals surface area contributed by atoms with Crippen molar-refractivity contribution in [3.63, 3.8) is 0 Å². The molecule has 2 aromatic rings. The summed E-state index contributed by atoms with van der Waals surface area (Å²) in [5.74, 6) is 0.353. The van der Waals surface area contributed by atoms with E-state index in [1.54, 1.807) is 36.4 Å². The van der Waals surface area contributed by atoms with Gasteiger partial charge in [0.1, 0.15) is 18.2 Å². The van der Waals surface area contributed by atoms with Crippen molar-refractivity contribution >= 4 is 15.9 Å². The molecule has 94 valence electrons. The third kappa shape index (κ3) is 3.31. The zero-order chi connectivity index (χ0) is 13.0. The van der Waals surface area contributed by atoms with E-state index in [2.05, 4.69) is 15.9 Å². The van der Waals surface area contributed by atoms with Crippen LogP contribution in [-0.4, -0.2) is 5.11 Å². The van der Waals surface area contributed by atoms with Crippen LogP contribution in [-0.2, 0) is 13.2 Å². The van der Waals surface area contributed by atoms with Gasteiger partial charge >= 0.3 is 0 Å². The molecule has 0 radical (unpaired) electrons. The second-order valence-corrected chi connectivity index (χ2v) is 4.74. The van der Waals surface area contributed by atoms with Crippen LogP contribution >= 0.6 is 15.9 Å². The normalized spacial score (nSPS) is 10.4. The molecule has 0 amide bonds. The fourth-order valence-corrected chi connectivity index (χ4v) is 1.82. The van der Waals surface area contributed by atoms with Gasteiger partial charge in [-0.15, -0.1) is 0 Å². The van der Waals surface area contributed by atoms with Crippen LogP contribution in [0, 0.1) is 5.82 Å². The van der Waals surface area contributed by atoms with Crippen molar-refractivity contribution in [2.24, 2.45) is 0 Å². The molecule has 0 unspecified atom stereocenters. The van der Waals surface area contributed by atoms with Gasteiger partial charge in [0, 0.05) is 10.0 Å². The van der Waals surface area contributed by atoms with Crippen molar-refractivity contribution in [3.8, 4) is 5.75 Å². The lowest BCUT2D eigenvalue weighted by Crippen LogP contribution is -1.98. The Balaban J connectivity index is 2.02. The van der Waals surface area contributed by atoms with Gasteiger partial charge in [0.15, 0.2) is 0 Å². The summed E-state index contributed by atoms with van der Waals surface area (Å²) in [6.07, 6.45) is 0. The average molecular weight is 311 g/mol. The predicted molar refractivity (Wildman–Crippen MR) is 70.8 cm³/mol. The molecule has 2 rings (SSSR count). The van der Waals surface area contributed by atoms with Gasteiger partial charge < -0.3 is 9.84 Å². The van der Waals surface area contributed by atoms with E-state index in [0.29, 0.717) is 15.8 Å². The maximum Gasteiger partial charge on any atom is 0.130 e. The highest BCUT2D eigenvalue weighted by Gasteiger charge is 2.03. The van der Waals surface area contributed by atoms with Gasteiger partial charge in [-0.25, -0.2) is 4.39 Å². The quantitative estimate of drug-likeness (QED) is 0.934. The van der Waals surface area contributed by atoms with Crippen molar-refractivity contribution in [1.29, 1.82) is 0 Å². The highest BCUT2D eigenvalue weighted by Crippen LogP contribution is 2.18. The molecule has 1 N–H and O–H groups in total. The maximum atomic E-state index is 13.5. The Hall–Kier alpha value is -1.39. The molecule has 0 saturated heterocycles. The number of halogens is 2. The topological polar surface area (TPSA) is 29.5 Å². The predicted octanol–water partition coefficient (Wildman–Crippen LogP) is 3.66. The lowest BCUT2D eigenvalue weighted by Gasteiger charge is -2.08. The van der Waals surface area contributed by atoms with Gasteiger partial charge in [0.2, 0.25) is 0 Å². The Bertz CT molecular complexity index is 526. The third-order valence-corrected chi connectivity index (χ3v) is 3.01. The van der Waals surface area contributed by atoms with Gasteiger partial charge in [-0.3, -0.25) is 0 Å². The fourth-order valence-electron chi connectivity index (χ4n) is 1.49. The van der Waals surface area contributed by atoms with Crippen LogP contribution in [0.2, 0.25) is 0 Å². The molecular weight excluding hydrogens is 299 g/mol. The van der Waals surface area contributed by atoms with Crippen LogP contribution in [0.3, 0.4) is 0 Å². The molecule has 0 atom stereocenters. The van der Waals surface area contributed by atoms with Crippen molar-refractivity contribution < 1.29 is 14.2 Å². The molecular formula is C14H12BrFO2. The molecule has 0 bridgehead atoms. The van der Waals surface area contributed by atoms with E-state index < -0.39 is 0 Å². The monoisotopic (exact) mass is 310 g/mol. The molecule has 0 heterocycles. The number of hydrogen-bond donors (Lipinski definition) is 1. The highest BCUT2D eigenvalue weighted by molar-refractivity contribution is 9.10. The summed E-state index contributed by atoms with van der Waals surface area (Å²) in [6.45, 7) is 0.180. The van der Waals surface area contributed by atoms with Crippen LogP contribution in [0.15, 0.2) is 46.9 Å². The minimum absolute atomic E-state index is 0.00161. The first-order valence-corrected chi connectivity index (χ1v) is 6.25. The maximum absolute atomic E-state index is 13.5. The molecule has 0 fully saturated rings. The minimum atomic E-state index is -0.295. The van der Waals surface area contributed by atoms with Gasteiger partial charge in [-0.1, -0.05) is 34.1 Å². The van der Waals surface area contributed by atoms with Crippen molar-refractivity contribution in [2.75, 3.05) is 0 Å². The third-order valence-electron chi connectivity index (χ3n) is 2.52. The van der Waals surface area contributed by atoms with Crippen molar-refractivity contribution in [2.45, 2.75) is 13.2 Å². The number of ether oxygens (including phenoxy) is 1. The van der Waals surface area contributed by atoms with Gasteiger partial charge in [-0.2, -0.15) is 0 Å². The van der Waals surface area contributed by atoms with Crippen molar-refractivity contribution in [3.05, 3.63) is 63.9 Å². The second-order valence-electron chi connectivity index (χ2n) is 3.83. The second kappa shape index (κ2) is 5.98. The summed E-state index contributed by atoms with van der Waals surface area (Å²) >= 11 is 3.20. The lowest BCUT2D eigenvalue weighted by molar-refractivity contribution is 0.280. The van der Waals surface area contributed by atoms with Gasteiger partial charge in [0.05, 0.1) is 6.61 Å². The summed E-state index contributed by atoms with van der Waals surface area (Å²) in [7, 11) is 0. The largest absolute Gasteiger partial charge is 0.489 e. The Morgan fingerprint density at radius 1 is 1.11 bits per heavy atom. The van der Waals surface area contributed by atoms with Gasteiger partial charge in [0.25, 0.3) is 0 Å². The van der Waals surface area contributed by atoms with E-state index in [1.807, 2.05) is 0 Å². The Kier molecular flexibility index (Phi) is 4.33. The molecule has 0 saturated carbocycles. The van der Waals surface area contributed by atoms with Crippen LogP contribution in [0.1, 0.15) is 11.1 Å². The summed E-state index contributed by atoms with van der Waals surface area (Å²) in [4.78, 5) is 0. The zero-order valence-corrected chi connectivity index (χ0v) is 11.2. The molecule has 0 aliphatic carbocycles. The first-order chi connectivity index (χ1) is 8.69. The first-order valence-electron chi connectivity index (χ1n) is 5.45. The van der Waals surface area contributed by atoms with Crippen LogP contribution < -0.4 is 4.74 Å². The van der Waals surface area contributed by atoms with Crippen LogP contribution in [0.5, 0.6) is 5.75 Å². The standard InChI is InChI=1S/C14H12BrFO2/c15-12-4-3-11(14(16)7-12)9-18-13-5-1-10(8-17)2-6-13/h1-7,17H,8-9H2. The molecule has 2 aromatic carbocycles. The summed E-state index contributed by atoms with van der Waals surface area (Å²) in [6, 6.07) is 11.9. The Morgan fingerprint density at radius 2 is 1.83 bits per heavy atom. The number of aliphatic hydroxyl groups is 1. The van der Waals surface area contributed by atoms with Crippen molar-refractivity contribution in [1.82, 2.24) is 0 Å². The number of rotatable bonds is 4. The van der Waals surface area contributed by atoms with E-state index in [1.165, 1.54) is 6.07 Å². The van der Waals surface area contributed by atoms with E-state index >= 15 is 0 Å². The Morgan fingerprint density at radius 3 is 2.44 bits per heavy atom. The molecule has 18 heavy (non-hydrogen) atoms. The van der Waals surface area contributed by atoms with E-state index in [9.17, 15) is 4.39 Å². The summed E-state index contributed by atoms with van der Waals surface area (Å²) < 4.78 is 19.7. The summed E-state index contributed by atoms with van der Waals surface area (Å²) in [5.41, 5.74) is 1.32. The number of aliphatic hydroxyl groups excluding tert-OH is 1. The highest BCUT2D eigenvalue weighted by atomic mass is 79.9.